The number of nitrogens with two attached hydrogens (primary N) is 1. The monoisotopic (exact) mass is 249 g/mol. The first-order chi connectivity index (χ1) is 8.61. The lowest BCUT2D eigenvalue weighted by atomic mass is 9.96. The van der Waals surface area contributed by atoms with Crippen LogP contribution in [0.4, 0.5) is 8.78 Å². The van der Waals surface area contributed by atoms with Crippen LogP contribution in [0, 0.1) is 11.6 Å². The molecule has 0 saturated heterocycles. The van der Waals surface area contributed by atoms with Gasteiger partial charge in [-0.05, 0) is 17.7 Å². The van der Waals surface area contributed by atoms with Gasteiger partial charge in [0.15, 0.2) is 0 Å². The van der Waals surface area contributed by atoms with Gasteiger partial charge in [0.2, 0.25) is 0 Å². The largest absolute Gasteiger partial charge is 0.386 e. The van der Waals surface area contributed by atoms with Gasteiger partial charge in [-0.1, -0.05) is 36.4 Å². The first kappa shape index (κ1) is 12.7. The summed E-state index contributed by atoms with van der Waals surface area (Å²) in [4.78, 5) is 0. The minimum absolute atomic E-state index is 0.395. The fourth-order valence-electron chi connectivity index (χ4n) is 1.83. The molecule has 0 saturated carbocycles. The highest BCUT2D eigenvalue weighted by Crippen LogP contribution is 2.29. The van der Waals surface area contributed by atoms with E-state index in [0.717, 1.165) is 12.1 Å². The number of rotatable bonds is 3. The van der Waals surface area contributed by atoms with Crippen molar-refractivity contribution in [2.75, 3.05) is 0 Å². The molecule has 2 nitrogen and oxygen atoms in total. The molecular weight excluding hydrogens is 236 g/mol. The van der Waals surface area contributed by atoms with Crippen LogP contribution in [0.15, 0.2) is 48.5 Å². The molecule has 0 aliphatic carbocycles. The molecule has 2 rings (SSSR count). The zero-order valence-corrected chi connectivity index (χ0v) is 9.55. The molecule has 0 aliphatic heterocycles. The molecular formula is C14H13F2NO. The summed E-state index contributed by atoms with van der Waals surface area (Å²) < 4.78 is 27.0. The van der Waals surface area contributed by atoms with E-state index in [1.807, 2.05) is 0 Å². The van der Waals surface area contributed by atoms with Crippen molar-refractivity contribution in [1.29, 1.82) is 0 Å². The summed E-state index contributed by atoms with van der Waals surface area (Å²) in [6.45, 7) is 0. The van der Waals surface area contributed by atoms with Crippen LogP contribution >= 0.6 is 0 Å². The van der Waals surface area contributed by atoms with E-state index in [1.54, 1.807) is 30.3 Å². The van der Waals surface area contributed by atoms with E-state index in [9.17, 15) is 13.9 Å². The summed E-state index contributed by atoms with van der Waals surface area (Å²) in [5.41, 5.74) is 6.05. The van der Waals surface area contributed by atoms with Crippen LogP contribution in [0.25, 0.3) is 0 Å². The smallest absolute Gasteiger partial charge is 0.132 e. The standard InChI is InChI=1S/C14H13F2NO/c15-10-7-4-8-11(16)12(10)14(18)13(17)9-5-2-1-3-6-9/h1-8,13-14,18H,17H2. The molecule has 4 heteroatoms. The molecule has 0 aromatic heterocycles. The van der Waals surface area contributed by atoms with Gasteiger partial charge in [0.25, 0.3) is 0 Å². The Bertz CT molecular complexity index is 510. The average Bonchev–Trinajstić information content (AvgIpc) is 2.38. The number of halogens is 2. The maximum absolute atomic E-state index is 13.5. The van der Waals surface area contributed by atoms with Crippen LogP contribution in [0.5, 0.6) is 0 Å². The fraction of sp³-hybridized carbons (Fsp3) is 0.143. The van der Waals surface area contributed by atoms with E-state index in [1.165, 1.54) is 6.07 Å². The van der Waals surface area contributed by atoms with Gasteiger partial charge in [0.1, 0.15) is 17.7 Å². The van der Waals surface area contributed by atoms with Crippen molar-refractivity contribution in [3.63, 3.8) is 0 Å². The number of aliphatic hydroxyl groups is 1. The van der Waals surface area contributed by atoms with Gasteiger partial charge in [0, 0.05) is 0 Å². The highest BCUT2D eigenvalue weighted by molar-refractivity contribution is 5.27. The zero-order valence-electron chi connectivity index (χ0n) is 9.55. The molecule has 18 heavy (non-hydrogen) atoms. The summed E-state index contributed by atoms with van der Waals surface area (Å²) in [5, 5.41) is 10.00. The number of hydrogen-bond donors (Lipinski definition) is 2. The third kappa shape index (κ3) is 2.39. The average molecular weight is 249 g/mol. The third-order valence-electron chi connectivity index (χ3n) is 2.82. The summed E-state index contributed by atoms with van der Waals surface area (Å²) in [6.07, 6.45) is -1.42. The van der Waals surface area contributed by atoms with Crippen LogP contribution in [0.3, 0.4) is 0 Å². The second-order valence-electron chi connectivity index (χ2n) is 4.02. The second-order valence-corrected chi connectivity index (χ2v) is 4.02. The molecule has 3 N–H and O–H groups in total. The maximum atomic E-state index is 13.5. The molecule has 0 radical (unpaired) electrons. The van der Waals surface area contributed by atoms with Crippen molar-refractivity contribution in [3.8, 4) is 0 Å². The van der Waals surface area contributed by atoms with E-state index in [2.05, 4.69) is 0 Å². The van der Waals surface area contributed by atoms with Gasteiger partial charge < -0.3 is 10.8 Å². The van der Waals surface area contributed by atoms with Crippen LogP contribution in [0.2, 0.25) is 0 Å². The Kier molecular flexibility index (Phi) is 3.69. The normalized spacial score (nSPS) is 14.2. The lowest BCUT2D eigenvalue weighted by Crippen LogP contribution is -2.21. The first-order valence-corrected chi connectivity index (χ1v) is 5.53. The Labute approximate surface area is 104 Å². The SMILES string of the molecule is NC(c1ccccc1)C(O)c1c(F)cccc1F. The molecule has 2 unspecified atom stereocenters. The molecule has 94 valence electrons. The van der Waals surface area contributed by atoms with Gasteiger partial charge in [-0.3, -0.25) is 0 Å². The molecule has 0 bridgehead atoms. The summed E-state index contributed by atoms with van der Waals surface area (Å²) in [7, 11) is 0. The van der Waals surface area contributed by atoms with Crippen molar-refractivity contribution >= 4 is 0 Å². The predicted octanol–water partition coefficient (Wildman–Crippen LogP) is 2.70. The summed E-state index contributed by atoms with van der Waals surface area (Å²) in [6, 6.07) is 11.3. The molecule has 0 spiro atoms. The fourth-order valence-corrected chi connectivity index (χ4v) is 1.83. The Hall–Kier alpha value is -1.78. The van der Waals surface area contributed by atoms with E-state index in [-0.39, 0.29) is 0 Å². The quantitative estimate of drug-likeness (QED) is 0.878. The van der Waals surface area contributed by atoms with Crippen LogP contribution in [0.1, 0.15) is 23.3 Å². The van der Waals surface area contributed by atoms with Crippen molar-refractivity contribution in [2.24, 2.45) is 5.73 Å². The minimum Gasteiger partial charge on any atom is -0.386 e. The van der Waals surface area contributed by atoms with E-state index < -0.39 is 29.3 Å². The third-order valence-corrected chi connectivity index (χ3v) is 2.82. The highest BCUT2D eigenvalue weighted by Gasteiger charge is 2.24. The summed E-state index contributed by atoms with van der Waals surface area (Å²) in [5.74, 6) is -1.59. The first-order valence-electron chi connectivity index (χ1n) is 5.53. The zero-order chi connectivity index (χ0) is 13.1. The van der Waals surface area contributed by atoms with Gasteiger partial charge in [-0.25, -0.2) is 8.78 Å². The second kappa shape index (κ2) is 5.25. The van der Waals surface area contributed by atoms with Gasteiger partial charge in [0.05, 0.1) is 11.6 Å². The number of aliphatic hydroxyl groups excluding tert-OH is 1. The molecule has 2 aromatic carbocycles. The van der Waals surface area contributed by atoms with Gasteiger partial charge >= 0.3 is 0 Å². The van der Waals surface area contributed by atoms with Crippen molar-refractivity contribution in [1.82, 2.24) is 0 Å². The molecule has 2 aromatic rings. The van der Waals surface area contributed by atoms with E-state index in [0.29, 0.717) is 5.56 Å². The lowest BCUT2D eigenvalue weighted by Gasteiger charge is -2.20. The van der Waals surface area contributed by atoms with Crippen LogP contribution in [-0.4, -0.2) is 5.11 Å². The van der Waals surface area contributed by atoms with Gasteiger partial charge in [-0.2, -0.15) is 0 Å². The Morgan fingerprint density at radius 3 is 2.00 bits per heavy atom. The minimum atomic E-state index is -1.42. The van der Waals surface area contributed by atoms with E-state index in [4.69, 9.17) is 5.73 Å². The van der Waals surface area contributed by atoms with Crippen LogP contribution < -0.4 is 5.73 Å². The highest BCUT2D eigenvalue weighted by atomic mass is 19.1. The molecule has 0 aliphatic rings. The maximum Gasteiger partial charge on any atom is 0.132 e. The Morgan fingerprint density at radius 2 is 1.44 bits per heavy atom. The molecule has 0 heterocycles. The topological polar surface area (TPSA) is 46.2 Å². The van der Waals surface area contributed by atoms with Crippen molar-refractivity contribution in [3.05, 3.63) is 71.3 Å². The predicted molar refractivity (Wildman–Crippen MR) is 64.7 cm³/mol. The van der Waals surface area contributed by atoms with Crippen molar-refractivity contribution in [2.45, 2.75) is 12.1 Å². The summed E-state index contributed by atoms with van der Waals surface area (Å²) >= 11 is 0. The van der Waals surface area contributed by atoms with Crippen LogP contribution in [-0.2, 0) is 0 Å². The molecule has 0 fully saturated rings. The number of benzene rings is 2. The molecule has 2 atom stereocenters. The number of hydrogen-bond acceptors (Lipinski definition) is 2. The Balaban J connectivity index is 2.34. The lowest BCUT2D eigenvalue weighted by molar-refractivity contribution is 0.138. The van der Waals surface area contributed by atoms with E-state index >= 15 is 0 Å². The van der Waals surface area contributed by atoms with Crippen molar-refractivity contribution < 1.29 is 13.9 Å². The molecule has 0 amide bonds. The van der Waals surface area contributed by atoms with Gasteiger partial charge in [-0.15, -0.1) is 0 Å². The Morgan fingerprint density at radius 1 is 0.889 bits per heavy atom.